The molecule has 4 aromatic rings. The summed E-state index contributed by atoms with van der Waals surface area (Å²) in [5, 5.41) is 6.76. The Morgan fingerprint density at radius 3 is 2.58 bits per heavy atom. The topological polar surface area (TPSA) is 113 Å². The largest absolute Gasteiger partial charge is 0.493 e. The zero-order valence-electron chi connectivity index (χ0n) is 22.5. The van der Waals surface area contributed by atoms with E-state index in [0.717, 1.165) is 33.3 Å². The van der Waals surface area contributed by atoms with Crippen LogP contribution >= 0.6 is 0 Å². The number of amides is 3. The number of ether oxygens (including phenoxy) is 2. The first kappa shape index (κ1) is 25.5. The summed E-state index contributed by atoms with van der Waals surface area (Å²) < 4.78 is 10.6. The number of rotatable bonds is 7. The van der Waals surface area contributed by atoms with Crippen LogP contribution in [0.3, 0.4) is 0 Å². The highest BCUT2D eigenvalue weighted by Crippen LogP contribution is 2.46. The van der Waals surface area contributed by atoms with Crippen molar-refractivity contribution in [3.63, 3.8) is 0 Å². The molecular weight excluding hydrogens is 508 g/mol. The van der Waals surface area contributed by atoms with Crippen LogP contribution in [0.15, 0.2) is 66.7 Å². The third kappa shape index (κ3) is 4.14. The summed E-state index contributed by atoms with van der Waals surface area (Å²) in [7, 11) is 3.11. The smallest absolute Gasteiger partial charge is 0.255 e. The maximum absolute atomic E-state index is 13.7. The standard InChI is InChI=1S/C31H30N4O5/c1-17(29(36)32-16-18-12-13-25(39-2)26(14-18)40-3)33-30(37)24-15-22-19-8-6-7-11-23(19)34-27(22)28-20-9-4-5-10-21(20)31(38)35(24)28/h4-14,17,24,28,34H,15-16H2,1-3H3,(H,32,36)(H,33,37)/t17-,24-,28+/m0/s1. The van der Waals surface area contributed by atoms with Crippen LogP contribution in [0.4, 0.5) is 0 Å². The van der Waals surface area contributed by atoms with Crippen LogP contribution in [-0.2, 0) is 22.6 Å². The maximum Gasteiger partial charge on any atom is 0.255 e. The average Bonchev–Trinajstić information content (AvgIpc) is 3.50. The van der Waals surface area contributed by atoms with Gasteiger partial charge in [-0.25, -0.2) is 0 Å². The van der Waals surface area contributed by atoms with E-state index in [-0.39, 0.29) is 24.3 Å². The van der Waals surface area contributed by atoms with Crippen molar-refractivity contribution in [1.82, 2.24) is 20.5 Å². The first-order chi connectivity index (χ1) is 19.4. The number of aromatic amines is 1. The van der Waals surface area contributed by atoms with Gasteiger partial charge in [0, 0.05) is 35.1 Å². The van der Waals surface area contributed by atoms with E-state index in [9.17, 15) is 14.4 Å². The summed E-state index contributed by atoms with van der Waals surface area (Å²) >= 11 is 0. The van der Waals surface area contributed by atoms with Gasteiger partial charge in [0.2, 0.25) is 11.8 Å². The fraction of sp³-hybridized carbons (Fsp3) is 0.258. The third-order valence-corrected chi connectivity index (χ3v) is 7.82. The Hall–Kier alpha value is -4.79. The van der Waals surface area contributed by atoms with Crippen LogP contribution < -0.4 is 20.1 Å². The van der Waals surface area contributed by atoms with Gasteiger partial charge >= 0.3 is 0 Å². The molecule has 2 aliphatic heterocycles. The number of benzene rings is 3. The molecular formula is C31H30N4O5. The first-order valence-corrected chi connectivity index (χ1v) is 13.2. The van der Waals surface area contributed by atoms with Crippen molar-refractivity contribution in [2.24, 2.45) is 0 Å². The molecule has 1 aromatic heterocycles. The van der Waals surface area contributed by atoms with Crippen molar-refractivity contribution in [3.05, 3.63) is 94.7 Å². The summed E-state index contributed by atoms with van der Waals surface area (Å²) in [5.74, 6) is 0.280. The molecule has 9 heteroatoms. The van der Waals surface area contributed by atoms with E-state index in [0.29, 0.717) is 23.5 Å². The van der Waals surface area contributed by atoms with E-state index < -0.39 is 18.1 Å². The fourth-order valence-electron chi connectivity index (χ4n) is 5.85. The Morgan fingerprint density at radius 1 is 1.02 bits per heavy atom. The van der Waals surface area contributed by atoms with Crippen LogP contribution in [0.5, 0.6) is 11.5 Å². The number of nitrogens with zero attached hydrogens (tertiary/aromatic N) is 1. The van der Waals surface area contributed by atoms with Crippen LogP contribution in [0.2, 0.25) is 0 Å². The second-order valence-electron chi connectivity index (χ2n) is 10.1. The number of H-pyrrole nitrogens is 1. The molecule has 3 aromatic carbocycles. The van der Waals surface area contributed by atoms with Gasteiger partial charge in [-0.1, -0.05) is 42.5 Å². The highest BCUT2D eigenvalue weighted by Gasteiger charge is 2.49. The molecule has 0 saturated heterocycles. The monoisotopic (exact) mass is 538 g/mol. The van der Waals surface area contributed by atoms with E-state index in [1.54, 1.807) is 44.2 Å². The average molecular weight is 539 g/mol. The molecule has 0 saturated carbocycles. The second kappa shape index (κ2) is 10.1. The van der Waals surface area contributed by atoms with E-state index in [2.05, 4.69) is 15.6 Å². The maximum atomic E-state index is 13.7. The summed E-state index contributed by atoms with van der Waals surface area (Å²) in [4.78, 5) is 45.4. The highest BCUT2D eigenvalue weighted by molar-refractivity contribution is 6.04. The van der Waals surface area contributed by atoms with Gasteiger partial charge in [0.1, 0.15) is 12.1 Å². The molecule has 40 heavy (non-hydrogen) atoms. The summed E-state index contributed by atoms with van der Waals surface area (Å²) in [5.41, 5.74) is 5.22. The molecule has 9 nitrogen and oxygen atoms in total. The van der Waals surface area contributed by atoms with Gasteiger partial charge in [0.15, 0.2) is 11.5 Å². The van der Waals surface area contributed by atoms with E-state index >= 15 is 0 Å². The van der Waals surface area contributed by atoms with Crippen molar-refractivity contribution in [3.8, 4) is 11.5 Å². The molecule has 0 fully saturated rings. The summed E-state index contributed by atoms with van der Waals surface area (Å²) in [6, 6.07) is 18.9. The van der Waals surface area contributed by atoms with Gasteiger partial charge in [-0.05, 0) is 47.9 Å². The van der Waals surface area contributed by atoms with E-state index in [4.69, 9.17) is 9.47 Å². The molecule has 2 aliphatic rings. The minimum atomic E-state index is -0.810. The molecule has 0 spiro atoms. The Kier molecular flexibility index (Phi) is 6.42. The Morgan fingerprint density at radius 2 is 1.77 bits per heavy atom. The molecule has 6 rings (SSSR count). The lowest BCUT2D eigenvalue weighted by molar-refractivity contribution is -0.131. The minimum absolute atomic E-state index is 0.185. The van der Waals surface area contributed by atoms with Crippen molar-refractivity contribution in [2.75, 3.05) is 14.2 Å². The number of nitrogens with one attached hydrogen (secondary N) is 3. The molecule has 3 atom stereocenters. The Balaban J connectivity index is 1.22. The third-order valence-electron chi connectivity index (χ3n) is 7.82. The zero-order valence-corrected chi connectivity index (χ0v) is 22.5. The fourth-order valence-corrected chi connectivity index (χ4v) is 5.85. The molecule has 3 amide bonds. The van der Waals surface area contributed by atoms with Crippen molar-refractivity contribution in [2.45, 2.75) is 38.0 Å². The van der Waals surface area contributed by atoms with Gasteiger partial charge in [0.25, 0.3) is 5.91 Å². The van der Waals surface area contributed by atoms with E-state index in [1.165, 1.54) is 0 Å². The lowest BCUT2D eigenvalue weighted by atomic mass is 9.90. The van der Waals surface area contributed by atoms with Crippen LogP contribution in [0.1, 0.15) is 45.7 Å². The number of carbonyl (C=O) groups excluding carboxylic acids is 3. The quantitative estimate of drug-likeness (QED) is 0.334. The molecule has 0 radical (unpaired) electrons. The number of methoxy groups -OCH3 is 2. The number of aromatic nitrogens is 1. The number of carbonyl (C=O) groups is 3. The molecule has 0 bridgehead atoms. The SMILES string of the molecule is COc1ccc(CNC(=O)[C@H](C)NC(=O)[C@@H]2Cc3c([nH]c4ccccc34)[C@H]3c4ccccc4C(=O)N32)cc1OC. The first-order valence-electron chi connectivity index (χ1n) is 13.2. The van der Waals surface area contributed by atoms with Crippen molar-refractivity contribution < 1.29 is 23.9 Å². The molecule has 3 heterocycles. The van der Waals surface area contributed by atoms with Crippen LogP contribution in [0.25, 0.3) is 10.9 Å². The predicted molar refractivity (Wildman–Crippen MR) is 149 cm³/mol. The number of hydrogen-bond donors (Lipinski definition) is 3. The van der Waals surface area contributed by atoms with Gasteiger partial charge in [-0.3, -0.25) is 14.4 Å². The Bertz CT molecular complexity index is 1640. The minimum Gasteiger partial charge on any atom is -0.493 e. The molecule has 0 aliphatic carbocycles. The lowest BCUT2D eigenvalue weighted by Crippen LogP contribution is -2.55. The summed E-state index contributed by atoms with van der Waals surface area (Å²) in [6.07, 6.45) is 0.349. The number of para-hydroxylation sites is 1. The van der Waals surface area contributed by atoms with Crippen molar-refractivity contribution in [1.29, 1.82) is 0 Å². The van der Waals surface area contributed by atoms with Gasteiger partial charge in [0.05, 0.1) is 20.3 Å². The Labute approximate surface area is 231 Å². The number of fused-ring (bicyclic) bond motifs is 7. The molecule has 204 valence electrons. The zero-order chi connectivity index (χ0) is 28.0. The second-order valence-corrected chi connectivity index (χ2v) is 10.1. The van der Waals surface area contributed by atoms with Gasteiger partial charge in [-0.2, -0.15) is 0 Å². The van der Waals surface area contributed by atoms with Gasteiger partial charge < -0.3 is 30.0 Å². The molecule has 0 unspecified atom stereocenters. The lowest BCUT2D eigenvalue weighted by Gasteiger charge is -2.37. The van der Waals surface area contributed by atoms with Crippen molar-refractivity contribution >= 4 is 28.6 Å². The highest BCUT2D eigenvalue weighted by atomic mass is 16.5. The molecule has 3 N–H and O–H groups in total. The van der Waals surface area contributed by atoms with Gasteiger partial charge in [-0.15, -0.1) is 0 Å². The van der Waals surface area contributed by atoms with E-state index in [1.807, 2.05) is 48.5 Å². The van der Waals surface area contributed by atoms with Crippen LogP contribution in [0, 0.1) is 0 Å². The normalized spacial score (nSPS) is 18.0. The summed E-state index contributed by atoms with van der Waals surface area (Å²) in [6.45, 7) is 1.89. The predicted octanol–water partition coefficient (Wildman–Crippen LogP) is 3.48. The van der Waals surface area contributed by atoms with Crippen LogP contribution in [-0.4, -0.2) is 53.9 Å². The number of hydrogen-bond acceptors (Lipinski definition) is 5.